The molecule has 1 aliphatic rings. The Morgan fingerprint density at radius 2 is 1.93 bits per heavy atom. The SMILES string of the molecule is CC(C)N1C(=O)N(C)C(=O)C1(C)CS. The molecule has 1 saturated heterocycles. The fourth-order valence-electron chi connectivity index (χ4n) is 1.86. The number of hydrogen-bond acceptors (Lipinski definition) is 3. The van der Waals surface area contributed by atoms with E-state index in [0.717, 1.165) is 4.90 Å². The van der Waals surface area contributed by atoms with Gasteiger partial charge in [0.2, 0.25) is 0 Å². The van der Waals surface area contributed by atoms with Crippen molar-refractivity contribution in [3.63, 3.8) is 0 Å². The van der Waals surface area contributed by atoms with Crippen molar-refractivity contribution in [3.05, 3.63) is 0 Å². The molecule has 0 saturated carbocycles. The number of rotatable bonds is 2. The molecular weight excluding hydrogens is 200 g/mol. The maximum atomic E-state index is 11.8. The minimum Gasteiger partial charge on any atom is -0.307 e. The molecule has 1 unspecified atom stereocenters. The lowest BCUT2D eigenvalue weighted by molar-refractivity contribution is -0.131. The van der Waals surface area contributed by atoms with E-state index in [-0.39, 0.29) is 18.0 Å². The first-order chi connectivity index (χ1) is 6.36. The van der Waals surface area contributed by atoms with Gasteiger partial charge in [-0.3, -0.25) is 9.69 Å². The van der Waals surface area contributed by atoms with Gasteiger partial charge in [-0.2, -0.15) is 12.6 Å². The first kappa shape index (κ1) is 11.4. The summed E-state index contributed by atoms with van der Waals surface area (Å²) in [6, 6.07) is -0.227. The van der Waals surface area contributed by atoms with Gasteiger partial charge in [0.25, 0.3) is 5.91 Å². The molecule has 1 rings (SSSR count). The summed E-state index contributed by atoms with van der Waals surface area (Å²) in [5.74, 6) is 0.173. The summed E-state index contributed by atoms with van der Waals surface area (Å²) in [6.45, 7) is 5.54. The number of imide groups is 1. The largest absolute Gasteiger partial charge is 0.327 e. The van der Waals surface area contributed by atoms with Crippen LogP contribution in [0.5, 0.6) is 0 Å². The van der Waals surface area contributed by atoms with Crippen LogP contribution in [0.2, 0.25) is 0 Å². The second-order valence-corrected chi connectivity index (χ2v) is 4.36. The lowest BCUT2D eigenvalue weighted by atomic mass is 10.0. The fraction of sp³-hybridized carbons (Fsp3) is 0.778. The van der Waals surface area contributed by atoms with Gasteiger partial charge >= 0.3 is 6.03 Å². The number of carbonyl (C=O) groups is 2. The van der Waals surface area contributed by atoms with Crippen molar-refractivity contribution < 1.29 is 9.59 Å². The highest BCUT2D eigenvalue weighted by molar-refractivity contribution is 7.80. The Bertz CT molecular complexity index is 280. The number of urea groups is 1. The van der Waals surface area contributed by atoms with Crippen LogP contribution in [0.3, 0.4) is 0 Å². The minimum atomic E-state index is -0.789. The van der Waals surface area contributed by atoms with Gasteiger partial charge in [-0.05, 0) is 20.8 Å². The van der Waals surface area contributed by atoms with Gasteiger partial charge < -0.3 is 4.90 Å². The first-order valence-electron chi connectivity index (χ1n) is 4.58. The molecule has 0 aromatic heterocycles. The van der Waals surface area contributed by atoms with E-state index >= 15 is 0 Å². The minimum absolute atomic E-state index is 0.00792. The standard InChI is InChI=1S/C9H16N2O2S/c1-6(2)11-8(13)10(4)7(12)9(11,3)5-14/h6,14H,5H2,1-4H3. The molecule has 1 heterocycles. The summed E-state index contributed by atoms with van der Waals surface area (Å²) in [6.07, 6.45) is 0. The van der Waals surface area contributed by atoms with Crippen LogP contribution in [0.15, 0.2) is 0 Å². The molecule has 0 aromatic rings. The lowest BCUT2D eigenvalue weighted by Gasteiger charge is -2.33. The predicted octanol–water partition coefficient (Wildman–Crippen LogP) is 0.977. The average Bonchev–Trinajstić information content (AvgIpc) is 2.29. The van der Waals surface area contributed by atoms with Crippen molar-refractivity contribution in [1.29, 1.82) is 0 Å². The molecule has 0 bridgehead atoms. The quantitative estimate of drug-likeness (QED) is 0.552. The van der Waals surface area contributed by atoms with Gasteiger partial charge in [0.15, 0.2) is 0 Å². The van der Waals surface area contributed by atoms with Crippen LogP contribution in [-0.2, 0) is 4.79 Å². The van der Waals surface area contributed by atoms with Crippen molar-refractivity contribution in [2.45, 2.75) is 32.4 Å². The molecule has 0 radical (unpaired) electrons. The van der Waals surface area contributed by atoms with Gasteiger partial charge in [0.05, 0.1) is 0 Å². The van der Waals surface area contributed by atoms with E-state index < -0.39 is 5.54 Å². The Morgan fingerprint density at radius 1 is 1.43 bits per heavy atom. The smallest absolute Gasteiger partial charge is 0.307 e. The normalized spacial score (nSPS) is 28.1. The van der Waals surface area contributed by atoms with E-state index in [1.807, 2.05) is 13.8 Å². The molecule has 3 amide bonds. The van der Waals surface area contributed by atoms with Crippen LogP contribution in [0, 0.1) is 0 Å². The summed E-state index contributed by atoms with van der Waals surface area (Å²) in [4.78, 5) is 26.3. The molecule has 5 heteroatoms. The fourth-order valence-corrected chi connectivity index (χ4v) is 2.15. The third-order valence-corrected chi connectivity index (χ3v) is 3.23. The number of amides is 3. The molecule has 1 atom stereocenters. The van der Waals surface area contributed by atoms with Crippen LogP contribution in [-0.4, -0.2) is 46.1 Å². The Hall–Kier alpha value is -0.710. The van der Waals surface area contributed by atoms with Crippen molar-refractivity contribution in [2.75, 3.05) is 12.8 Å². The monoisotopic (exact) mass is 216 g/mol. The van der Waals surface area contributed by atoms with Crippen LogP contribution in [0.4, 0.5) is 4.79 Å². The highest BCUT2D eigenvalue weighted by Gasteiger charge is 2.52. The Balaban J connectivity index is 3.14. The van der Waals surface area contributed by atoms with Crippen molar-refractivity contribution in [1.82, 2.24) is 9.80 Å². The van der Waals surface area contributed by atoms with Crippen LogP contribution in [0.25, 0.3) is 0 Å². The molecule has 80 valence electrons. The van der Waals surface area contributed by atoms with Crippen molar-refractivity contribution in [3.8, 4) is 0 Å². The number of thiol groups is 1. The first-order valence-corrected chi connectivity index (χ1v) is 5.22. The van der Waals surface area contributed by atoms with Crippen LogP contribution in [0.1, 0.15) is 20.8 Å². The van der Waals surface area contributed by atoms with Gasteiger partial charge in [0, 0.05) is 18.8 Å². The molecule has 0 N–H and O–H groups in total. The summed E-state index contributed by atoms with van der Waals surface area (Å²) in [5.41, 5.74) is -0.789. The average molecular weight is 216 g/mol. The van der Waals surface area contributed by atoms with E-state index in [0.29, 0.717) is 5.75 Å². The number of carbonyl (C=O) groups excluding carboxylic acids is 2. The molecule has 1 fully saturated rings. The summed E-state index contributed by atoms with van der Waals surface area (Å²) in [7, 11) is 1.51. The second kappa shape index (κ2) is 3.46. The third kappa shape index (κ3) is 1.30. The number of likely N-dealkylation sites (N-methyl/N-ethyl adjacent to an activating group) is 1. The third-order valence-electron chi connectivity index (χ3n) is 2.61. The molecule has 0 aliphatic carbocycles. The molecular formula is C9H16N2O2S. The molecule has 0 aromatic carbocycles. The highest BCUT2D eigenvalue weighted by atomic mass is 32.1. The summed E-state index contributed by atoms with van der Waals surface area (Å²) < 4.78 is 0. The Kier molecular flexibility index (Phi) is 2.81. The van der Waals surface area contributed by atoms with Crippen LogP contribution >= 0.6 is 12.6 Å². The number of nitrogens with zero attached hydrogens (tertiary/aromatic N) is 2. The predicted molar refractivity (Wildman–Crippen MR) is 57.4 cm³/mol. The summed E-state index contributed by atoms with van der Waals surface area (Å²) >= 11 is 4.15. The van der Waals surface area contributed by atoms with E-state index in [1.165, 1.54) is 7.05 Å². The molecule has 0 spiro atoms. The maximum absolute atomic E-state index is 11.8. The summed E-state index contributed by atoms with van der Waals surface area (Å²) in [5, 5.41) is 0. The topological polar surface area (TPSA) is 40.6 Å². The molecule has 14 heavy (non-hydrogen) atoms. The van der Waals surface area contributed by atoms with Crippen molar-refractivity contribution >= 4 is 24.6 Å². The van der Waals surface area contributed by atoms with Crippen LogP contribution < -0.4 is 0 Å². The maximum Gasteiger partial charge on any atom is 0.327 e. The lowest BCUT2D eigenvalue weighted by Crippen LogP contribution is -2.51. The zero-order valence-electron chi connectivity index (χ0n) is 8.94. The van der Waals surface area contributed by atoms with Gasteiger partial charge in [-0.1, -0.05) is 0 Å². The molecule has 1 aliphatic heterocycles. The highest BCUT2D eigenvalue weighted by Crippen LogP contribution is 2.29. The van der Waals surface area contributed by atoms with Gasteiger partial charge in [0.1, 0.15) is 5.54 Å². The van der Waals surface area contributed by atoms with Gasteiger partial charge in [-0.15, -0.1) is 0 Å². The zero-order chi connectivity index (χ0) is 11.1. The van der Waals surface area contributed by atoms with Gasteiger partial charge in [-0.25, -0.2) is 4.79 Å². The number of hydrogen-bond donors (Lipinski definition) is 1. The second-order valence-electron chi connectivity index (χ2n) is 4.04. The Morgan fingerprint density at radius 3 is 2.21 bits per heavy atom. The molecule has 4 nitrogen and oxygen atoms in total. The zero-order valence-corrected chi connectivity index (χ0v) is 9.84. The van der Waals surface area contributed by atoms with E-state index in [1.54, 1.807) is 11.8 Å². The van der Waals surface area contributed by atoms with E-state index in [9.17, 15) is 9.59 Å². The van der Waals surface area contributed by atoms with Crippen molar-refractivity contribution in [2.24, 2.45) is 0 Å². The van der Waals surface area contributed by atoms with E-state index in [2.05, 4.69) is 12.6 Å². The van der Waals surface area contributed by atoms with E-state index in [4.69, 9.17) is 0 Å². The Labute approximate surface area is 89.7 Å².